The average molecular weight is 465 g/mol. The number of sulfonamides is 1. The highest BCUT2D eigenvalue weighted by Gasteiger charge is 2.27. The number of hydrogen-bond donors (Lipinski definition) is 1. The molecular weight excluding hydrogens is 456 g/mol. The lowest BCUT2D eigenvalue weighted by Gasteiger charge is -2.08. The highest BCUT2D eigenvalue weighted by molar-refractivity contribution is 7.90. The van der Waals surface area contributed by atoms with Gasteiger partial charge < -0.3 is 0 Å². The van der Waals surface area contributed by atoms with Gasteiger partial charge in [0.15, 0.2) is 5.69 Å². The van der Waals surface area contributed by atoms with Gasteiger partial charge in [-0.25, -0.2) is 31.0 Å². The molecule has 29 heavy (non-hydrogen) atoms. The third kappa shape index (κ3) is 4.07. The molecule has 1 aromatic heterocycles. The van der Waals surface area contributed by atoms with E-state index in [0.29, 0.717) is 6.07 Å². The summed E-state index contributed by atoms with van der Waals surface area (Å²) in [4.78, 5) is 11.3. The van der Waals surface area contributed by atoms with Gasteiger partial charge in [0.2, 0.25) is 0 Å². The Morgan fingerprint density at radius 1 is 1.07 bits per heavy atom. The van der Waals surface area contributed by atoms with E-state index in [-0.39, 0.29) is 22.5 Å². The Morgan fingerprint density at radius 3 is 2.41 bits per heavy atom. The van der Waals surface area contributed by atoms with Crippen LogP contribution in [-0.2, 0) is 10.0 Å². The van der Waals surface area contributed by atoms with Crippen LogP contribution in [0.2, 0.25) is 10.0 Å². The van der Waals surface area contributed by atoms with Crippen LogP contribution in [0.3, 0.4) is 0 Å². The quantitative estimate of drug-likeness (QED) is 0.597. The summed E-state index contributed by atoms with van der Waals surface area (Å²) in [5, 5.41) is 6.65. The molecule has 0 fully saturated rings. The number of hydrogen-bond acceptors (Lipinski definition) is 5. The topological polar surface area (TPSA) is 93.9 Å². The van der Waals surface area contributed by atoms with Crippen LogP contribution in [-0.4, -0.2) is 29.3 Å². The minimum Gasteiger partial charge on any atom is -0.266 e. The first-order valence-electron chi connectivity index (χ1n) is 7.60. The molecule has 0 aliphatic heterocycles. The second-order valence-corrected chi connectivity index (χ2v) is 8.16. The van der Waals surface area contributed by atoms with Crippen molar-refractivity contribution in [2.45, 2.75) is 11.8 Å². The van der Waals surface area contributed by atoms with Crippen molar-refractivity contribution >= 4 is 39.1 Å². The summed E-state index contributed by atoms with van der Waals surface area (Å²) in [6.07, 6.45) is 0. The summed E-state index contributed by atoms with van der Waals surface area (Å²) < 4.78 is 68.3. The van der Waals surface area contributed by atoms with Crippen LogP contribution in [0.1, 0.15) is 16.2 Å². The predicted molar refractivity (Wildman–Crippen MR) is 97.1 cm³/mol. The Hall–Kier alpha value is -2.63. The zero-order valence-corrected chi connectivity index (χ0v) is 16.6. The normalized spacial score (nSPS) is 11.5. The summed E-state index contributed by atoms with van der Waals surface area (Å²) in [7, 11) is -4.76. The second kappa shape index (κ2) is 7.65. The molecule has 1 N–H and O–H groups in total. The molecular formula is C16H9Cl2F3N4O3S. The fourth-order valence-electron chi connectivity index (χ4n) is 2.36. The first-order valence-corrected chi connectivity index (χ1v) is 9.84. The van der Waals surface area contributed by atoms with Crippen LogP contribution in [0.4, 0.5) is 13.2 Å². The monoisotopic (exact) mass is 464 g/mol. The number of rotatable bonds is 4. The van der Waals surface area contributed by atoms with E-state index in [4.69, 9.17) is 23.2 Å². The summed E-state index contributed by atoms with van der Waals surface area (Å²) in [5.74, 6) is -4.63. The van der Waals surface area contributed by atoms with E-state index in [2.05, 4.69) is 10.3 Å². The highest BCUT2D eigenvalue weighted by Crippen LogP contribution is 2.24. The molecule has 3 aromatic rings. The van der Waals surface area contributed by atoms with Crippen molar-refractivity contribution in [2.75, 3.05) is 0 Å². The Balaban J connectivity index is 1.94. The maximum absolute atomic E-state index is 14.1. The number of carbonyl (C=O) groups excluding carboxylic acids is 1. The van der Waals surface area contributed by atoms with Gasteiger partial charge in [-0.3, -0.25) is 4.79 Å². The molecule has 0 bridgehead atoms. The fraction of sp³-hybridized carbons (Fsp3) is 0.0625. The number of nitrogens with one attached hydrogen (secondary N) is 1. The molecule has 0 aliphatic rings. The van der Waals surface area contributed by atoms with Gasteiger partial charge in [-0.2, -0.15) is 0 Å². The van der Waals surface area contributed by atoms with Gasteiger partial charge >= 0.3 is 0 Å². The largest absolute Gasteiger partial charge is 0.287 e. The molecule has 0 atom stereocenters. The molecule has 3 rings (SSSR count). The summed E-state index contributed by atoms with van der Waals surface area (Å²) in [6, 6.07) is 4.48. The van der Waals surface area contributed by atoms with Crippen molar-refractivity contribution in [3.63, 3.8) is 0 Å². The first kappa shape index (κ1) is 21.1. The Kier molecular flexibility index (Phi) is 5.57. The first-order chi connectivity index (χ1) is 13.5. The van der Waals surface area contributed by atoms with Gasteiger partial charge in [0.1, 0.15) is 28.0 Å². The van der Waals surface area contributed by atoms with Crippen LogP contribution in [0.15, 0.2) is 35.2 Å². The van der Waals surface area contributed by atoms with Crippen molar-refractivity contribution in [3.05, 3.63) is 69.2 Å². The van der Waals surface area contributed by atoms with Gasteiger partial charge in [-0.15, -0.1) is 5.10 Å². The number of amides is 1. The van der Waals surface area contributed by atoms with E-state index in [1.54, 1.807) is 4.72 Å². The van der Waals surface area contributed by atoms with E-state index in [0.717, 1.165) is 10.7 Å². The van der Waals surface area contributed by atoms with Gasteiger partial charge in [0, 0.05) is 11.1 Å². The van der Waals surface area contributed by atoms with Crippen molar-refractivity contribution < 1.29 is 26.4 Å². The second-order valence-electron chi connectivity index (χ2n) is 5.66. The van der Waals surface area contributed by atoms with Crippen LogP contribution in [0.25, 0.3) is 5.69 Å². The lowest BCUT2D eigenvalue weighted by molar-refractivity contribution is 0.0976. The maximum atomic E-state index is 14.1. The van der Waals surface area contributed by atoms with E-state index in [9.17, 15) is 26.4 Å². The van der Waals surface area contributed by atoms with Gasteiger partial charge in [0.05, 0.1) is 10.7 Å². The van der Waals surface area contributed by atoms with Crippen molar-refractivity contribution in [3.8, 4) is 5.69 Å². The summed E-state index contributed by atoms with van der Waals surface area (Å²) in [5.41, 5.74) is -0.550. The number of nitrogens with zero attached hydrogens (tertiary/aromatic N) is 3. The third-order valence-corrected chi connectivity index (χ3v) is 5.61. The van der Waals surface area contributed by atoms with Gasteiger partial charge in [-0.1, -0.05) is 28.4 Å². The molecule has 0 spiro atoms. The SMILES string of the molecule is Cc1c(C(=O)NS(=O)(=O)c2cc(Cl)c(F)cc2F)nnn1-c1ccc(Cl)cc1F. The van der Waals surface area contributed by atoms with Crippen molar-refractivity contribution in [2.24, 2.45) is 0 Å². The van der Waals surface area contributed by atoms with Gasteiger partial charge in [-0.05, 0) is 31.2 Å². The molecule has 0 saturated heterocycles. The molecule has 0 unspecified atom stereocenters. The van der Waals surface area contributed by atoms with Crippen LogP contribution >= 0.6 is 23.2 Å². The molecule has 7 nitrogen and oxygen atoms in total. The molecule has 1 amide bonds. The van der Waals surface area contributed by atoms with E-state index in [1.165, 1.54) is 19.1 Å². The Morgan fingerprint density at radius 2 is 1.76 bits per heavy atom. The summed E-state index contributed by atoms with van der Waals surface area (Å²) >= 11 is 11.2. The minimum absolute atomic E-state index is 0.00321. The number of benzene rings is 2. The smallest absolute Gasteiger partial charge is 0.266 e. The van der Waals surface area contributed by atoms with Crippen LogP contribution in [0.5, 0.6) is 0 Å². The minimum atomic E-state index is -4.76. The Labute approximate surface area is 172 Å². The van der Waals surface area contributed by atoms with E-state index >= 15 is 0 Å². The molecule has 0 aliphatic carbocycles. The van der Waals surface area contributed by atoms with Gasteiger partial charge in [0.25, 0.3) is 15.9 Å². The molecule has 13 heteroatoms. The molecule has 2 aromatic carbocycles. The molecule has 152 valence electrons. The fourth-order valence-corrected chi connectivity index (χ4v) is 3.78. The third-order valence-electron chi connectivity index (χ3n) is 3.74. The van der Waals surface area contributed by atoms with E-state index < -0.39 is 49.0 Å². The Bertz CT molecular complexity index is 1250. The number of halogens is 5. The predicted octanol–water partition coefficient (Wildman–Crippen LogP) is 3.42. The molecule has 0 radical (unpaired) electrons. The zero-order chi connectivity index (χ0) is 21.5. The highest BCUT2D eigenvalue weighted by atomic mass is 35.5. The van der Waals surface area contributed by atoms with E-state index in [1.807, 2.05) is 0 Å². The van der Waals surface area contributed by atoms with Crippen molar-refractivity contribution in [1.29, 1.82) is 0 Å². The lowest BCUT2D eigenvalue weighted by atomic mass is 10.2. The average Bonchev–Trinajstić information content (AvgIpc) is 2.99. The van der Waals surface area contributed by atoms with Crippen LogP contribution < -0.4 is 4.72 Å². The van der Waals surface area contributed by atoms with Crippen molar-refractivity contribution in [1.82, 2.24) is 19.7 Å². The summed E-state index contributed by atoms with van der Waals surface area (Å²) in [6.45, 7) is 1.34. The maximum Gasteiger partial charge on any atom is 0.287 e. The molecule has 1 heterocycles. The lowest BCUT2D eigenvalue weighted by Crippen LogP contribution is -2.32. The zero-order valence-electron chi connectivity index (χ0n) is 14.3. The molecule has 0 saturated carbocycles. The number of aromatic nitrogens is 3. The van der Waals surface area contributed by atoms with Crippen LogP contribution in [0, 0.1) is 24.4 Å². The number of carbonyl (C=O) groups is 1. The standard InChI is InChI=1S/C16H9Cl2F3N4O3S/c1-7-15(22-24-25(7)13-3-2-8(17)4-11(13)20)16(26)23-29(27,28)14-5-9(18)10(19)6-12(14)21/h2-6H,1H3,(H,23,26).